The zero-order valence-electron chi connectivity index (χ0n) is 15.1. The molecule has 1 aromatic rings. The van der Waals surface area contributed by atoms with Crippen molar-refractivity contribution in [3.63, 3.8) is 0 Å². The van der Waals surface area contributed by atoms with Gasteiger partial charge in [-0.15, -0.1) is 11.3 Å². The molecule has 0 spiro atoms. The number of nitrogens with zero attached hydrogens (tertiary/aromatic N) is 2. The quantitative estimate of drug-likeness (QED) is 0.120. The maximum Gasteiger partial charge on any atom is 0.362 e. The van der Waals surface area contributed by atoms with Crippen molar-refractivity contribution in [1.82, 2.24) is 9.62 Å². The van der Waals surface area contributed by atoms with Crippen LogP contribution >= 0.6 is 11.3 Å². The minimum absolute atomic E-state index is 0.0484. The van der Waals surface area contributed by atoms with Crippen molar-refractivity contribution in [2.45, 2.75) is 37.9 Å². The van der Waals surface area contributed by atoms with Crippen LogP contribution in [0.1, 0.15) is 24.6 Å². The Morgan fingerprint density at radius 3 is 2.75 bits per heavy atom. The van der Waals surface area contributed by atoms with E-state index in [1.807, 2.05) is 0 Å². The zero-order valence-corrected chi connectivity index (χ0v) is 16.8. The van der Waals surface area contributed by atoms with Gasteiger partial charge in [-0.05, 0) is 37.8 Å². The topological polar surface area (TPSA) is 177 Å². The van der Waals surface area contributed by atoms with Crippen LogP contribution in [0.15, 0.2) is 22.7 Å². The Bertz CT molecular complexity index is 826. The molecule has 1 aliphatic rings. The first kappa shape index (κ1) is 22.2. The smallest absolute Gasteiger partial charge is 0.362 e. The monoisotopic (exact) mass is 433 g/mol. The van der Waals surface area contributed by atoms with Gasteiger partial charge in [0.25, 0.3) is 11.8 Å². The lowest BCUT2D eigenvalue weighted by Crippen LogP contribution is -2.71. The van der Waals surface area contributed by atoms with E-state index in [9.17, 15) is 18.0 Å². The van der Waals surface area contributed by atoms with Gasteiger partial charge >= 0.3 is 10.3 Å². The van der Waals surface area contributed by atoms with Gasteiger partial charge < -0.3 is 21.6 Å². The minimum Gasteiger partial charge on any atom is -0.395 e. The number of amides is 2. The van der Waals surface area contributed by atoms with Crippen molar-refractivity contribution in [1.29, 1.82) is 0 Å². The van der Waals surface area contributed by atoms with E-state index >= 15 is 0 Å². The fraction of sp³-hybridized carbons (Fsp3) is 0.533. The Kier molecular flexibility index (Phi) is 7.48. The molecule has 0 bridgehead atoms. The summed E-state index contributed by atoms with van der Waals surface area (Å²) in [5.74, 6) is -1.63. The summed E-state index contributed by atoms with van der Waals surface area (Å²) in [4.78, 5) is 30.2. The third-order valence-corrected chi connectivity index (χ3v) is 6.00. The molecule has 13 heteroatoms. The lowest BCUT2D eigenvalue weighted by Gasteiger charge is -2.42. The summed E-state index contributed by atoms with van der Waals surface area (Å²) in [5.41, 5.74) is 11.2. The molecule has 0 aromatic carbocycles. The van der Waals surface area contributed by atoms with Gasteiger partial charge in [-0.2, -0.15) is 8.42 Å². The molecule has 11 nitrogen and oxygen atoms in total. The number of nitrogens with two attached hydrogens (primary N) is 2. The van der Waals surface area contributed by atoms with Crippen LogP contribution in [-0.4, -0.2) is 66.1 Å². The second kappa shape index (κ2) is 9.43. The summed E-state index contributed by atoms with van der Waals surface area (Å²) < 4.78 is 31.6. The van der Waals surface area contributed by atoms with Gasteiger partial charge in [0.1, 0.15) is 12.6 Å². The number of nitrogens with one attached hydrogen (secondary N) is 1. The largest absolute Gasteiger partial charge is 0.395 e. The van der Waals surface area contributed by atoms with Crippen LogP contribution in [0.3, 0.4) is 0 Å². The lowest BCUT2D eigenvalue weighted by molar-refractivity contribution is -0.143. The molecule has 0 radical (unpaired) electrons. The van der Waals surface area contributed by atoms with E-state index in [2.05, 4.69) is 10.5 Å². The highest BCUT2D eigenvalue weighted by Crippen LogP contribution is 2.23. The van der Waals surface area contributed by atoms with Crippen molar-refractivity contribution in [2.75, 3.05) is 13.2 Å². The van der Waals surface area contributed by atoms with Crippen LogP contribution < -0.4 is 16.8 Å². The van der Waals surface area contributed by atoms with Crippen LogP contribution in [0.2, 0.25) is 0 Å². The van der Waals surface area contributed by atoms with Gasteiger partial charge in [0, 0.05) is 6.04 Å². The van der Waals surface area contributed by atoms with Crippen molar-refractivity contribution in [2.24, 2.45) is 16.6 Å². The van der Waals surface area contributed by atoms with E-state index in [0.29, 0.717) is 28.6 Å². The summed E-state index contributed by atoms with van der Waals surface area (Å²) in [6.45, 7) is 2.03. The Balaban J connectivity index is 2.03. The SMILES string of the molecule is C[C@H]1C(NC(=O)/C(=N/OCC[C@@H](N)CCN)c2cccs2)C(=O)N1S(=O)(=O)O. The van der Waals surface area contributed by atoms with E-state index in [-0.39, 0.29) is 18.4 Å². The molecule has 1 aromatic heterocycles. The molecule has 3 atom stereocenters. The van der Waals surface area contributed by atoms with Crippen molar-refractivity contribution in [3.05, 3.63) is 22.4 Å². The first-order valence-corrected chi connectivity index (χ1v) is 10.8. The van der Waals surface area contributed by atoms with Crippen LogP contribution in [-0.2, 0) is 24.7 Å². The van der Waals surface area contributed by atoms with E-state index in [1.165, 1.54) is 18.3 Å². The average Bonchev–Trinajstić information content (AvgIpc) is 3.13. The third kappa shape index (κ3) is 5.26. The number of hydrogen-bond donors (Lipinski definition) is 4. The predicted octanol–water partition coefficient (Wildman–Crippen LogP) is -0.947. The van der Waals surface area contributed by atoms with Crippen LogP contribution in [0, 0.1) is 0 Å². The van der Waals surface area contributed by atoms with Crippen molar-refractivity contribution in [3.8, 4) is 0 Å². The van der Waals surface area contributed by atoms with E-state index < -0.39 is 34.2 Å². The maximum atomic E-state index is 12.6. The summed E-state index contributed by atoms with van der Waals surface area (Å²) in [6.07, 6.45) is 1.14. The predicted molar refractivity (Wildman–Crippen MR) is 103 cm³/mol. The van der Waals surface area contributed by atoms with Gasteiger partial charge in [-0.25, -0.2) is 4.31 Å². The third-order valence-electron chi connectivity index (χ3n) is 4.11. The molecule has 2 heterocycles. The molecule has 6 N–H and O–H groups in total. The molecule has 2 rings (SSSR count). The molecule has 0 saturated carbocycles. The average molecular weight is 434 g/mol. The second-order valence-corrected chi connectivity index (χ2v) is 8.42. The molecule has 28 heavy (non-hydrogen) atoms. The Hall–Kier alpha value is -2.06. The van der Waals surface area contributed by atoms with Crippen LogP contribution in [0.25, 0.3) is 0 Å². The molecule has 1 aliphatic heterocycles. The highest BCUT2D eigenvalue weighted by atomic mass is 32.2. The minimum atomic E-state index is -4.67. The maximum absolute atomic E-state index is 12.6. The fourth-order valence-electron chi connectivity index (χ4n) is 2.60. The normalized spacial score (nSPS) is 21.2. The summed E-state index contributed by atoms with van der Waals surface area (Å²) in [6, 6.07) is 1.21. The number of rotatable bonds is 10. The van der Waals surface area contributed by atoms with E-state index in [0.717, 1.165) is 0 Å². The Morgan fingerprint density at radius 2 is 2.21 bits per heavy atom. The van der Waals surface area contributed by atoms with Crippen molar-refractivity contribution >= 4 is 39.2 Å². The van der Waals surface area contributed by atoms with Crippen LogP contribution in [0.4, 0.5) is 0 Å². The summed E-state index contributed by atoms with van der Waals surface area (Å²) in [5, 5.41) is 8.03. The number of carbonyl (C=O) groups excluding carboxylic acids is 2. The van der Waals surface area contributed by atoms with Gasteiger partial charge in [0.15, 0.2) is 5.71 Å². The lowest BCUT2D eigenvalue weighted by atomic mass is 10.0. The molecule has 1 fully saturated rings. The number of β-lactam (4-membered cyclic amide) rings is 1. The van der Waals surface area contributed by atoms with E-state index in [1.54, 1.807) is 17.5 Å². The molecule has 156 valence electrons. The molecule has 2 amide bonds. The van der Waals surface area contributed by atoms with Gasteiger partial charge in [0.05, 0.1) is 10.9 Å². The fourth-order valence-corrected chi connectivity index (χ4v) is 4.18. The highest BCUT2D eigenvalue weighted by molar-refractivity contribution is 7.84. The van der Waals surface area contributed by atoms with E-state index in [4.69, 9.17) is 20.9 Å². The molecule has 1 unspecified atom stereocenters. The molecule has 1 saturated heterocycles. The number of hydrogen-bond acceptors (Lipinski definition) is 9. The zero-order chi connectivity index (χ0) is 20.9. The highest BCUT2D eigenvalue weighted by Gasteiger charge is 2.51. The van der Waals surface area contributed by atoms with Gasteiger partial charge in [-0.3, -0.25) is 14.1 Å². The molecule has 0 aliphatic carbocycles. The second-order valence-electron chi connectivity index (χ2n) is 6.18. The molecular formula is C15H23N5O6S2. The van der Waals surface area contributed by atoms with Gasteiger partial charge in [-0.1, -0.05) is 11.2 Å². The van der Waals surface area contributed by atoms with Crippen molar-refractivity contribution < 1.29 is 27.4 Å². The first-order chi connectivity index (χ1) is 13.2. The number of oxime groups is 1. The van der Waals surface area contributed by atoms with Gasteiger partial charge in [0.2, 0.25) is 0 Å². The number of thiophene rings is 1. The van der Waals surface area contributed by atoms with Crippen LogP contribution in [0.5, 0.6) is 0 Å². The standard InChI is InChI=1S/C15H23N5O6S2/c1-9-12(15(22)20(9)28(23,24)25)18-14(21)13(11-3-2-8-27-11)19-26-7-5-10(17)4-6-16/h2-3,8-10,12H,4-7,16-17H2,1H3,(H,18,21)(H,23,24,25)/b19-13+/t9-,10-,12?/m0/s1. The Morgan fingerprint density at radius 1 is 1.50 bits per heavy atom. The number of carbonyl (C=O) groups is 2. The Labute approximate surface area is 166 Å². The summed E-state index contributed by atoms with van der Waals surface area (Å²) >= 11 is 1.25. The first-order valence-electron chi connectivity index (χ1n) is 8.47. The summed E-state index contributed by atoms with van der Waals surface area (Å²) in [7, 11) is -4.67. The molecular weight excluding hydrogens is 410 g/mol.